The summed E-state index contributed by atoms with van der Waals surface area (Å²) < 4.78 is 22.9. The monoisotopic (exact) mass is 284 g/mol. The molecule has 0 saturated heterocycles. The van der Waals surface area contributed by atoms with E-state index in [0.29, 0.717) is 11.4 Å². The van der Waals surface area contributed by atoms with Gasteiger partial charge < -0.3 is 11.1 Å². The SMILES string of the molecule is CC(C)(C)S(=O)(=O)CCC(=O)Nc1cccc(N)c1. The smallest absolute Gasteiger partial charge is 0.225 e. The molecule has 0 fully saturated rings. The van der Waals surface area contributed by atoms with Crippen LogP contribution in [0.5, 0.6) is 0 Å². The lowest BCUT2D eigenvalue weighted by atomic mass is 10.3. The molecule has 0 atom stereocenters. The van der Waals surface area contributed by atoms with E-state index in [1.54, 1.807) is 45.0 Å². The number of nitrogens with two attached hydrogens (primary N) is 1. The Morgan fingerprint density at radius 1 is 1.32 bits per heavy atom. The van der Waals surface area contributed by atoms with Crippen molar-refractivity contribution in [1.82, 2.24) is 0 Å². The third-order valence-corrected chi connectivity index (χ3v) is 5.31. The third-order valence-electron chi connectivity index (χ3n) is 2.70. The normalized spacial score (nSPS) is 12.2. The van der Waals surface area contributed by atoms with Crippen molar-refractivity contribution in [1.29, 1.82) is 0 Å². The standard InChI is InChI=1S/C13H20N2O3S/c1-13(2,3)19(17,18)8-7-12(16)15-11-6-4-5-10(14)9-11/h4-6,9H,7-8,14H2,1-3H3,(H,15,16). The maximum absolute atomic E-state index is 11.9. The summed E-state index contributed by atoms with van der Waals surface area (Å²) in [5.74, 6) is -0.497. The van der Waals surface area contributed by atoms with Gasteiger partial charge in [-0.2, -0.15) is 0 Å². The number of nitrogens with one attached hydrogen (secondary N) is 1. The van der Waals surface area contributed by atoms with Crippen molar-refractivity contribution in [3.63, 3.8) is 0 Å². The molecule has 0 aromatic heterocycles. The molecule has 1 amide bonds. The molecule has 0 unspecified atom stereocenters. The van der Waals surface area contributed by atoms with Crippen molar-refractivity contribution in [2.75, 3.05) is 16.8 Å². The van der Waals surface area contributed by atoms with Crippen LogP contribution in [0.2, 0.25) is 0 Å². The van der Waals surface area contributed by atoms with E-state index in [0.717, 1.165) is 0 Å². The van der Waals surface area contributed by atoms with Crippen molar-refractivity contribution >= 4 is 27.1 Å². The lowest BCUT2D eigenvalue weighted by molar-refractivity contribution is -0.115. The zero-order valence-corrected chi connectivity index (χ0v) is 12.3. The molecule has 5 nitrogen and oxygen atoms in total. The predicted octanol–water partition coefficient (Wildman–Crippen LogP) is 1.81. The van der Waals surface area contributed by atoms with E-state index in [2.05, 4.69) is 5.32 Å². The third kappa shape index (κ3) is 4.55. The number of carbonyl (C=O) groups is 1. The van der Waals surface area contributed by atoms with Gasteiger partial charge in [0.2, 0.25) is 5.91 Å². The minimum atomic E-state index is -3.28. The Balaban J connectivity index is 2.59. The molecule has 0 bridgehead atoms. The van der Waals surface area contributed by atoms with Crippen molar-refractivity contribution in [3.05, 3.63) is 24.3 Å². The summed E-state index contributed by atoms with van der Waals surface area (Å²) >= 11 is 0. The van der Waals surface area contributed by atoms with Gasteiger partial charge in [-0.3, -0.25) is 4.79 Å². The van der Waals surface area contributed by atoms with Gasteiger partial charge in [-0.05, 0) is 39.0 Å². The van der Waals surface area contributed by atoms with Gasteiger partial charge in [0.15, 0.2) is 9.84 Å². The number of anilines is 2. The molecule has 0 aliphatic carbocycles. The first-order valence-corrected chi connectivity index (χ1v) is 7.65. The van der Waals surface area contributed by atoms with Crippen LogP contribution in [0.4, 0.5) is 11.4 Å². The fourth-order valence-corrected chi connectivity index (χ4v) is 2.44. The van der Waals surface area contributed by atoms with Gasteiger partial charge in [-0.1, -0.05) is 6.07 Å². The number of hydrogen-bond acceptors (Lipinski definition) is 4. The molecule has 1 aromatic carbocycles. The summed E-state index contributed by atoms with van der Waals surface area (Å²) in [5.41, 5.74) is 6.70. The maximum Gasteiger partial charge on any atom is 0.225 e. The molecular formula is C13H20N2O3S. The molecule has 0 aliphatic heterocycles. The van der Waals surface area contributed by atoms with Crippen LogP contribution in [0.1, 0.15) is 27.2 Å². The van der Waals surface area contributed by atoms with Gasteiger partial charge in [-0.25, -0.2) is 8.42 Å². The van der Waals surface area contributed by atoms with E-state index in [9.17, 15) is 13.2 Å². The molecule has 19 heavy (non-hydrogen) atoms. The fraction of sp³-hybridized carbons (Fsp3) is 0.462. The highest BCUT2D eigenvalue weighted by molar-refractivity contribution is 7.92. The molecule has 0 spiro atoms. The Kier molecular flexibility index (Phi) is 4.57. The molecule has 1 aromatic rings. The maximum atomic E-state index is 11.9. The Morgan fingerprint density at radius 3 is 2.47 bits per heavy atom. The van der Waals surface area contributed by atoms with Crippen LogP contribution in [0.25, 0.3) is 0 Å². The van der Waals surface area contributed by atoms with Gasteiger partial charge in [0.1, 0.15) is 0 Å². The number of amides is 1. The number of sulfone groups is 1. The molecule has 0 radical (unpaired) electrons. The van der Waals surface area contributed by atoms with Crippen LogP contribution in [0, 0.1) is 0 Å². The predicted molar refractivity (Wildman–Crippen MR) is 77.6 cm³/mol. The first-order chi connectivity index (χ1) is 8.62. The Labute approximate surface area is 114 Å². The second kappa shape index (κ2) is 5.61. The first kappa shape index (κ1) is 15.5. The average molecular weight is 284 g/mol. The van der Waals surface area contributed by atoms with Gasteiger partial charge in [-0.15, -0.1) is 0 Å². The summed E-state index contributed by atoms with van der Waals surface area (Å²) in [6.07, 6.45) is -0.0611. The highest BCUT2D eigenvalue weighted by Crippen LogP contribution is 2.17. The molecule has 106 valence electrons. The summed E-state index contributed by atoms with van der Waals surface area (Å²) in [7, 11) is -3.28. The zero-order chi connectivity index (χ0) is 14.7. The van der Waals surface area contributed by atoms with E-state index in [-0.39, 0.29) is 18.1 Å². The molecule has 0 saturated carbocycles. The van der Waals surface area contributed by atoms with Crippen LogP contribution in [-0.2, 0) is 14.6 Å². The minimum Gasteiger partial charge on any atom is -0.399 e. The second-order valence-electron chi connectivity index (χ2n) is 5.35. The number of carbonyl (C=O) groups excluding carboxylic acids is 1. The lowest BCUT2D eigenvalue weighted by Gasteiger charge is -2.18. The summed E-state index contributed by atoms with van der Waals surface area (Å²) in [4.78, 5) is 11.7. The van der Waals surface area contributed by atoms with Gasteiger partial charge in [0.25, 0.3) is 0 Å². The van der Waals surface area contributed by atoms with Crippen LogP contribution < -0.4 is 11.1 Å². The molecule has 6 heteroatoms. The molecular weight excluding hydrogens is 264 g/mol. The molecule has 0 heterocycles. The van der Waals surface area contributed by atoms with Crippen LogP contribution in [-0.4, -0.2) is 24.8 Å². The number of benzene rings is 1. The van der Waals surface area contributed by atoms with E-state index >= 15 is 0 Å². The minimum absolute atomic E-state index is 0.0611. The zero-order valence-electron chi connectivity index (χ0n) is 11.4. The number of rotatable bonds is 4. The number of hydrogen-bond donors (Lipinski definition) is 2. The quantitative estimate of drug-likeness (QED) is 0.825. The van der Waals surface area contributed by atoms with Gasteiger partial charge in [0.05, 0.1) is 10.5 Å². The van der Waals surface area contributed by atoms with Crippen LogP contribution in [0.15, 0.2) is 24.3 Å². The highest BCUT2D eigenvalue weighted by atomic mass is 32.2. The second-order valence-corrected chi connectivity index (χ2v) is 8.22. The van der Waals surface area contributed by atoms with E-state index in [1.807, 2.05) is 0 Å². The lowest BCUT2D eigenvalue weighted by Crippen LogP contribution is -2.32. The summed E-state index contributed by atoms with van der Waals surface area (Å²) in [6.45, 7) is 4.87. The highest BCUT2D eigenvalue weighted by Gasteiger charge is 2.29. The van der Waals surface area contributed by atoms with Crippen molar-refractivity contribution in [3.8, 4) is 0 Å². The Bertz CT molecular complexity index is 559. The topological polar surface area (TPSA) is 89.3 Å². The first-order valence-electron chi connectivity index (χ1n) is 5.99. The van der Waals surface area contributed by atoms with Crippen molar-refractivity contribution in [2.45, 2.75) is 31.9 Å². The average Bonchev–Trinajstić information content (AvgIpc) is 2.25. The molecule has 3 N–H and O–H groups in total. The van der Waals surface area contributed by atoms with E-state index in [1.165, 1.54) is 0 Å². The largest absolute Gasteiger partial charge is 0.399 e. The Hall–Kier alpha value is -1.56. The van der Waals surface area contributed by atoms with Gasteiger partial charge >= 0.3 is 0 Å². The van der Waals surface area contributed by atoms with E-state index in [4.69, 9.17) is 5.73 Å². The van der Waals surface area contributed by atoms with Crippen LogP contribution >= 0.6 is 0 Å². The summed E-state index contributed by atoms with van der Waals surface area (Å²) in [5, 5.41) is 2.62. The molecule has 1 rings (SSSR count). The van der Waals surface area contributed by atoms with Crippen LogP contribution in [0.3, 0.4) is 0 Å². The number of nitrogen functional groups attached to an aromatic ring is 1. The summed E-state index contributed by atoms with van der Waals surface area (Å²) in [6, 6.07) is 6.75. The fourth-order valence-electron chi connectivity index (χ4n) is 1.37. The van der Waals surface area contributed by atoms with E-state index < -0.39 is 14.6 Å². The van der Waals surface area contributed by atoms with Gasteiger partial charge in [0, 0.05) is 17.8 Å². The van der Waals surface area contributed by atoms with Crippen molar-refractivity contribution in [2.24, 2.45) is 0 Å². The Morgan fingerprint density at radius 2 is 1.95 bits per heavy atom. The molecule has 0 aliphatic rings. The van der Waals surface area contributed by atoms with Crippen molar-refractivity contribution < 1.29 is 13.2 Å².